The van der Waals surface area contributed by atoms with Gasteiger partial charge in [-0.1, -0.05) is 34.8 Å². The number of benzene rings is 1. The summed E-state index contributed by atoms with van der Waals surface area (Å²) in [7, 11) is 1.96. The Labute approximate surface area is 168 Å². The summed E-state index contributed by atoms with van der Waals surface area (Å²) in [4.78, 5) is 22.3. The predicted octanol–water partition coefficient (Wildman–Crippen LogP) is 4.99. The van der Waals surface area contributed by atoms with Crippen LogP contribution in [0.15, 0.2) is 30.6 Å². The molecule has 0 radical (unpaired) electrons. The molecule has 130 valence electrons. The maximum absolute atomic E-state index is 13.2. The van der Waals surface area contributed by atoms with E-state index in [4.69, 9.17) is 34.8 Å². The van der Waals surface area contributed by atoms with E-state index in [1.165, 1.54) is 11.3 Å². The zero-order valence-electron chi connectivity index (χ0n) is 12.9. The summed E-state index contributed by atoms with van der Waals surface area (Å²) in [5, 5.41) is 1.00. The van der Waals surface area contributed by atoms with Crippen LogP contribution in [-0.4, -0.2) is 39.0 Å². The maximum Gasteiger partial charge on any atom is 0.258 e. The summed E-state index contributed by atoms with van der Waals surface area (Å²) in [5.41, 5.74) is 1.24. The van der Waals surface area contributed by atoms with Gasteiger partial charge in [-0.05, 0) is 23.8 Å². The van der Waals surface area contributed by atoms with Gasteiger partial charge in [0.05, 0.1) is 11.6 Å². The number of carbonyl (C=O) groups is 1. The highest BCUT2D eigenvalue weighted by Crippen LogP contribution is 2.46. The molecule has 0 spiro atoms. The van der Waals surface area contributed by atoms with Crippen molar-refractivity contribution >= 4 is 69.4 Å². The molecule has 1 aromatic heterocycles. The number of amides is 1. The van der Waals surface area contributed by atoms with Crippen molar-refractivity contribution in [2.45, 2.75) is 11.5 Å². The fraction of sp³-hybridized carbons (Fsp3) is 0.250. The molecule has 1 fully saturated rings. The first-order valence-corrected chi connectivity index (χ1v) is 10.4. The van der Waals surface area contributed by atoms with Crippen LogP contribution in [0.1, 0.15) is 16.5 Å². The quantitative estimate of drug-likeness (QED) is 0.670. The Morgan fingerprint density at radius 1 is 1.20 bits per heavy atom. The number of thiazole rings is 1. The van der Waals surface area contributed by atoms with Gasteiger partial charge in [0, 0.05) is 40.1 Å². The van der Waals surface area contributed by atoms with E-state index in [0.29, 0.717) is 25.6 Å². The van der Waals surface area contributed by atoms with E-state index in [0.717, 1.165) is 10.6 Å². The van der Waals surface area contributed by atoms with Gasteiger partial charge in [-0.25, -0.2) is 4.98 Å². The van der Waals surface area contributed by atoms with Crippen molar-refractivity contribution in [3.63, 3.8) is 0 Å². The third-order valence-electron chi connectivity index (χ3n) is 4.12. The van der Waals surface area contributed by atoms with Gasteiger partial charge >= 0.3 is 0 Å². The van der Waals surface area contributed by atoms with Crippen LogP contribution in [0.25, 0.3) is 5.57 Å². The summed E-state index contributed by atoms with van der Waals surface area (Å²) in [6, 6.07) is 5.12. The molecule has 0 saturated carbocycles. The molecule has 1 saturated heterocycles. The third-order valence-corrected chi connectivity index (χ3v) is 7.14. The third kappa shape index (κ3) is 3.15. The predicted molar refractivity (Wildman–Crippen MR) is 105 cm³/mol. The lowest BCUT2D eigenvalue weighted by molar-refractivity contribution is -0.130. The molecule has 0 bridgehead atoms. The highest BCUT2D eigenvalue weighted by Gasteiger charge is 2.44. The highest BCUT2D eigenvalue weighted by molar-refractivity contribution is 8.00. The molecule has 3 heterocycles. The largest absolute Gasteiger partial charge is 0.351 e. The molecule has 9 heteroatoms. The average molecular weight is 433 g/mol. The van der Waals surface area contributed by atoms with Gasteiger partial charge in [-0.3, -0.25) is 4.79 Å². The van der Waals surface area contributed by atoms with Crippen LogP contribution >= 0.6 is 57.9 Å². The first kappa shape index (κ1) is 17.5. The second-order valence-corrected chi connectivity index (χ2v) is 9.38. The van der Waals surface area contributed by atoms with Crippen LogP contribution in [0, 0.1) is 0 Å². The van der Waals surface area contributed by atoms with Crippen LogP contribution in [0.5, 0.6) is 0 Å². The SMILES string of the molecule is CN1C=C(c2cc(Cl)cc(Cl)c2)C(=O)N2C(c3cnc(Cl)s3)CSC12. The minimum Gasteiger partial charge on any atom is -0.351 e. The lowest BCUT2D eigenvalue weighted by Crippen LogP contribution is -2.47. The smallest absolute Gasteiger partial charge is 0.258 e. The van der Waals surface area contributed by atoms with Crippen molar-refractivity contribution in [2.24, 2.45) is 0 Å². The van der Waals surface area contributed by atoms with Crippen molar-refractivity contribution in [1.82, 2.24) is 14.8 Å². The van der Waals surface area contributed by atoms with Crippen molar-refractivity contribution in [2.75, 3.05) is 12.8 Å². The summed E-state index contributed by atoms with van der Waals surface area (Å²) >= 11 is 21.4. The van der Waals surface area contributed by atoms with E-state index < -0.39 is 0 Å². The van der Waals surface area contributed by atoms with Gasteiger partial charge in [-0.2, -0.15) is 0 Å². The summed E-state index contributed by atoms with van der Waals surface area (Å²) in [5.74, 6) is 0.761. The molecule has 4 nitrogen and oxygen atoms in total. The lowest BCUT2D eigenvalue weighted by Gasteiger charge is -2.38. The minimum atomic E-state index is -0.0479. The normalized spacial score (nSPS) is 23.0. The van der Waals surface area contributed by atoms with Gasteiger partial charge in [0.15, 0.2) is 9.96 Å². The molecule has 2 aliphatic heterocycles. The molecule has 25 heavy (non-hydrogen) atoms. The zero-order valence-corrected chi connectivity index (χ0v) is 16.8. The van der Waals surface area contributed by atoms with Crippen LogP contribution in [0.4, 0.5) is 0 Å². The Balaban J connectivity index is 1.74. The standard InChI is InChI=1S/C16H12Cl3N3OS2/c1-21-6-11(8-2-9(17)4-10(18)3-8)14(23)22-12(7-24-16(21)22)13-5-20-15(19)25-13/h2-6,12,16H,7H2,1H3. The summed E-state index contributed by atoms with van der Waals surface area (Å²) < 4.78 is 0.485. The molecule has 2 unspecified atom stereocenters. The number of fused-ring (bicyclic) bond motifs is 1. The Kier molecular flexibility index (Phi) is 4.67. The van der Waals surface area contributed by atoms with Crippen LogP contribution in [-0.2, 0) is 4.79 Å². The molecule has 2 aromatic rings. The van der Waals surface area contributed by atoms with Crippen LogP contribution < -0.4 is 0 Å². The topological polar surface area (TPSA) is 36.4 Å². The van der Waals surface area contributed by atoms with Crippen molar-refractivity contribution < 1.29 is 4.79 Å². The fourth-order valence-corrected chi connectivity index (χ4v) is 6.13. The first-order valence-electron chi connectivity index (χ1n) is 7.40. The minimum absolute atomic E-state index is 0.0408. The number of aromatic nitrogens is 1. The van der Waals surface area contributed by atoms with Gasteiger partial charge in [0.25, 0.3) is 5.91 Å². The van der Waals surface area contributed by atoms with E-state index in [1.807, 2.05) is 23.0 Å². The molecule has 4 rings (SSSR count). The highest BCUT2D eigenvalue weighted by atomic mass is 35.5. The number of nitrogens with zero attached hydrogens (tertiary/aromatic N) is 3. The summed E-state index contributed by atoms with van der Waals surface area (Å²) in [6.45, 7) is 0. The van der Waals surface area contributed by atoms with Crippen molar-refractivity contribution in [1.29, 1.82) is 0 Å². The van der Waals surface area contributed by atoms with E-state index in [1.54, 1.807) is 36.2 Å². The molecule has 1 amide bonds. The van der Waals surface area contributed by atoms with Gasteiger partial charge < -0.3 is 9.80 Å². The molecule has 0 aliphatic carbocycles. The van der Waals surface area contributed by atoms with Crippen LogP contribution in [0.3, 0.4) is 0 Å². The monoisotopic (exact) mass is 431 g/mol. The molecule has 2 atom stereocenters. The zero-order chi connectivity index (χ0) is 17.7. The molecule has 2 aliphatic rings. The van der Waals surface area contributed by atoms with E-state index in [9.17, 15) is 4.79 Å². The molecular weight excluding hydrogens is 421 g/mol. The number of carbonyl (C=O) groups excluding carboxylic acids is 1. The number of rotatable bonds is 2. The van der Waals surface area contributed by atoms with Crippen LogP contribution in [0.2, 0.25) is 14.5 Å². The number of hydrogen-bond acceptors (Lipinski definition) is 5. The second-order valence-electron chi connectivity index (χ2n) is 5.77. The Morgan fingerprint density at radius 2 is 1.92 bits per heavy atom. The van der Waals surface area contributed by atoms with E-state index in [-0.39, 0.29) is 17.4 Å². The van der Waals surface area contributed by atoms with Gasteiger partial charge in [0.2, 0.25) is 0 Å². The Hall–Kier alpha value is -0.920. The molecule has 0 N–H and O–H groups in total. The number of hydrogen-bond donors (Lipinski definition) is 0. The van der Waals surface area contributed by atoms with Gasteiger partial charge in [0.1, 0.15) is 0 Å². The molecular formula is C16H12Cl3N3OS2. The number of thioether (sulfide) groups is 1. The van der Waals surface area contributed by atoms with Crippen molar-refractivity contribution in [3.8, 4) is 0 Å². The second kappa shape index (κ2) is 6.67. The Morgan fingerprint density at radius 3 is 2.56 bits per heavy atom. The summed E-state index contributed by atoms with van der Waals surface area (Å²) in [6.07, 6.45) is 3.61. The van der Waals surface area contributed by atoms with Gasteiger partial charge in [-0.15, -0.1) is 23.1 Å². The van der Waals surface area contributed by atoms with E-state index >= 15 is 0 Å². The first-order chi connectivity index (χ1) is 11.9. The van der Waals surface area contributed by atoms with E-state index in [2.05, 4.69) is 4.98 Å². The lowest BCUT2D eigenvalue weighted by atomic mass is 10.0. The maximum atomic E-state index is 13.2. The average Bonchev–Trinajstić information content (AvgIpc) is 3.16. The van der Waals surface area contributed by atoms with Crippen molar-refractivity contribution in [3.05, 3.63) is 55.5 Å². The molecule has 1 aromatic carbocycles. The fourth-order valence-electron chi connectivity index (χ4n) is 3.05. The Bertz CT molecular complexity index is 865. The number of halogens is 3.